The minimum absolute atomic E-state index is 0. The molecule has 13 heteroatoms. The number of nitrogens with two attached hydrogens (primary N) is 2. The Morgan fingerprint density at radius 3 is 2.42 bits per heavy atom. The fourth-order valence-electron chi connectivity index (χ4n) is 5.74. The number of carbonyl (C=O) groups is 3. The molecule has 196 valence electrons. The van der Waals surface area contributed by atoms with Gasteiger partial charge >= 0.3 is 0 Å². The number of ketones is 2. The zero-order valence-corrected chi connectivity index (χ0v) is 20.4. The zero-order chi connectivity index (χ0) is 29.0. The van der Waals surface area contributed by atoms with E-state index in [4.69, 9.17) is 26.7 Å². The number of phenolic OH excluding ortho intramolecular Hbond substituents is 1. The zero-order valence-electron chi connectivity index (χ0n) is 21.6. The first-order valence-electron chi connectivity index (χ1n) is 11.9. The largest absolute Gasteiger partial charge is 0.508 e. The SMILES string of the molecule is Cc1cc(NC(N)=S)c(O)c2c1CC1C(=C2O)C(=O)[C@]2(O)C(O)=C(C(N)=O)C(=O)[C@@H](N(C)C)C2[C@H]1O.[2HH].[2H][2H]. The standard InChI is InChI=1S/C23H26N4O8S.2H2/c1-6-4-9(26-22(25)36)16(29)10-7(6)5-8-11(17(10)30)19(32)23(35)13(15(8)28)14(27(2)3)18(31)12(20(23)33)21(24)34;;/h4,8,13-15,28-30,33,35H,5H2,1-3H3,(H2,24,34)(H3,25,26,36);2*1H/t8?,13?,14-,15-,23-;;/m0../s1/i;1+1D;1+1. The molecule has 1 aromatic carbocycles. The molecule has 1 fully saturated rings. The number of carbonyl (C=O) groups excluding carboxylic acids is 3. The van der Waals surface area contributed by atoms with Crippen molar-refractivity contribution >= 4 is 46.3 Å². The van der Waals surface area contributed by atoms with E-state index in [9.17, 15) is 39.9 Å². The van der Waals surface area contributed by atoms with Crippen molar-refractivity contribution in [3.63, 3.8) is 0 Å². The predicted molar refractivity (Wildman–Crippen MR) is 135 cm³/mol. The van der Waals surface area contributed by atoms with Crippen molar-refractivity contribution in [2.45, 2.75) is 31.1 Å². The summed E-state index contributed by atoms with van der Waals surface area (Å²) in [6, 6.07) is 0.128. The van der Waals surface area contributed by atoms with Crippen LogP contribution in [0.25, 0.3) is 5.76 Å². The van der Waals surface area contributed by atoms with Gasteiger partial charge in [0.25, 0.3) is 5.91 Å². The van der Waals surface area contributed by atoms with Gasteiger partial charge in [0.2, 0.25) is 5.78 Å². The average Bonchev–Trinajstić information content (AvgIpc) is 2.82. The lowest BCUT2D eigenvalue weighted by molar-refractivity contribution is -0.168. The third kappa shape index (κ3) is 3.24. The molecule has 0 bridgehead atoms. The van der Waals surface area contributed by atoms with Gasteiger partial charge in [0.1, 0.15) is 22.8 Å². The van der Waals surface area contributed by atoms with E-state index in [0.717, 1.165) is 0 Å². The molecule has 3 aliphatic rings. The van der Waals surface area contributed by atoms with Crippen LogP contribution < -0.4 is 16.8 Å². The van der Waals surface area contributed by atoms with Crippen LogP contribution in [0.15, 0.2) is 23.0 Å². The number of likely N-dealkylation sites (N-methyl/N-ethyl adjacent to an activating group) is 1. The van der Waals surface area contributed by atoms with Crippen LogP contribution in [0.3, 0.4) is 0 Å². The number of aromatic hydroxyl groups is 1. The fraction of sp³-hybridized carbons (Fsp3) is 0.391. The number of rotatable bonds is 3. The second-order valence-corrected chi connectivity index (χ2v) is 9.92. The fourth-order valence-corrected chi connectivity index (χ4v) is 5.85. The van der Waals surface area contributed by atoms with Crippen molar-refractivity contribution in [3.05, 3.63) is 39.7 Å². The molecule has 0 aromatic heterocycles. The summed E-state index contributed by atoms with van der Waals surface area (Å²) in [7, 11) is 2.89. The molecule has 0 heterocycles. The van der Waals surface area contributed by atoms with E-state index in [1.165, 1.54) is 25.1 Å². The topological polar surface area (TPSA) is 220 Å². The number of aliphatic hydroxyl groups excluding tert-OH is 3. The van der Waals surface area contributed by atoms with E-state index in [2.05, 4.69) is 5.32 Å². The van der Waals surface area contributed by atoms with Gasteiger partial charge in [-0.25, -0.2) is 0 Å². The summed E-state index contributed by atoms with van der Waals surface area (Å²) < 4.78 is 10.0. The van der Waals surface area contributed by atoms with Gasteiger partial charge in [-0.05, 0) is 56.9 Å². The molecule has 10 N–H and O–H groups in total. The highest BCUT2D eigenvalue weighted by molar-refractivity contribution is 7.80. The van der Waals surface area contributed by atoms with Crippen LogP contribution in [0.5, 0.6) is 5.75 Å². The first-order chi connectivity index (χ1) is 17.7. The number of aryl methyl sites for hydroxylation is 1. The van der Waals surface area contributed by atoms with Crippen LogP contribution in [0.2, 0.25) is 0 Å². The summed E-state index contributed by atoms with van der Waals surface area (Å²) in [5.74, 6) is -8.77. The number of hydrogen-bond acceptors (Lipinski definition) is 10. The molecule has 0 spiro atoms. The minimum Gasteiger partial charge on any atom is -0.508 e. The Kier molecular flexibility index (Phi) is 5.55. The van der Waals surface area contributed by atoms with E-state index in [1.807, 2.05) is 0 Å². The minimum atomic E-state index is -2.96. The first-order valence-corrected chi connectivity index (χ1v) is 11.3. The van der Waals surface area contributed by atoms with Crippen molar-refractivity contribution in [3.8, 4) is 5.75 Å². The number of benzene rings is 1. The Bertz CT molecular complexity index is 1330. The molecule has 1 aromatic rings. The molecule has 0 saturated heterocycles. The molecular formula is C23H30N4O8S. The van der Waals surface area contributed by atoms with Crippen LogP contribution in [0, 0.1) is 18.8 Å². The Balaban J connectivity index is 0.00000174. The third-order valence-electron chi connectivity index (χ3n) is 7.28. The Morgan fingerprint density at radius 2 is 1.89 bits per heavy atom. The van der Waals surface area contributed by atoms with Crippen molar-refractivity contribution < 1.29 is 44.3 Å². The quantitative estimate of drug-likeness (QED) is 0.141. The number of anilines is 1. The van der Waals surface area contributed by atoms with Gasteiger partial charge in [-0.3, -0.25) is 19.3 Å². The number of phenols is 1. The van der Waals surface area contributed by atoms with E-state index in [-0.39, 0.29) is 24.2 Å². The molecule has 1 saturated carbocycles. The third-order valence-corrected chi connectivity index (χ3v) is 7.39. The number of amides is 1. The van der Waals surface area contributed by atoms with Gasteiger partial charge in [0.05, 0.1) is 29.3 Å². The number of hydrogen-bond donors (Lipinski definition) is 8. The highest BCUT2D eigenvalue weighted by Gasteiger charge is 2.67. The number of fused-ring (bicyclic) bond motifs is 3. The monoisotopic (exact) mass is 525 g/mol. The molecule has 1 amide bonds. The van der Waals surface area contributed by atoms with E-state index >= 15 is 0 Å². The molecule has 2 unspecified atom stereocenters. The van der Waals surface area contributed by atoms with Crippen molar-refractivity contribution in [2.24, 2.45) is 23.3 Å². The van der Waals surface area contributed by atoms with Crippen LogP contribution in [-0.2, 0) is 20.8 Å². The van der Waals surface area contributed by atoms with Crippen LogP contribution in [-0.4, -0.2) is 84.9 Å². The Morgan fingerprint density at radius 1 is 1.28 bits per heavy atom. The van der Waals surface area contributed by atoms with E-state index < -0.39 is 75.5 Å². The average molecular weight is 526 g/mol. The van der Waals surface area contributed by atoms with Gasteiger partial charge in [-0.1, -0.05) is 0 Å². The van der Waals surface area contributed by atoms with Crippen LogP contribution >= 0.6 is 12.2 Å². The maximum atomic E-state index is 13.8. The highest BCUT2D eigenvalue weighted by atomic mass is 32.1. The first kappa shape index (κ1) is 24.2. The van der Waals surface area contributed by atoms with E-state index in [1.54, 1.807) is 6.92 Å². The summed E-state index contributed by atoms with van der Waals surface area (Å²) >= 11 is 4.82. The van der Waals surface area contributed by atoms with Crippen LogP contribution in [0.4, 0.5) is 5.69 Å². The molecule has 0 aliphatic heterocycles. The number of nitrogens with zero attached hydrogens (tertiary/aromatic N) is 1. The highest BCUT2D eigenvalue weighted by Crippen LogP contribution is 2.53. The smallest absolute Gasteiger partial charge is 0.255 e. The van der Waals surface area contributed by atoms with Gasteiger partial charge < -0.3 is 42.3 Å². The van der Waals surface area contributed by atoms with Gasteiger partial charge in [0, 0.05) is 15.9 Å². The van der Waals surface area contributed by atoms with Crippen molar-refractivity contribution in [1.82, 2.24) is 4.90 Å². The van der Waals surface area contributed by atoms with Gasteiger partial charge in [-0.15, -0.1) is 0 Å². The summed E-state index contributed by atoms with van der Waals surface area (Å²) in [4.78, 5) is 40.2. The second-order valence-electron chi connectivity index (χ2n) is 9.48. The van der Waals surface area contributed by atoms with Crippen molar-refractivity contribution in [1.29, 1.82) is 0 Å². The number of nitrogens with one attached hydrogen (secondary N) is 1. The molecule has 12 nitrogen and oxygen atoms in total. The molecule has 5 atom stereocenters. The lowest BCUT2D eigenvalue weighted by atomic mass is 9.56. The van der Waals surface area contributed by atoms with Gasteiger partial charge in [0.15, 0.2) is 16.5 Å². The summed E-state index contributed by atoms with van der Waals surface area (Å²) in [6.45, 7) is 1.68. The van der Waals surface area contributed by atoms with E-state index in [0.29, 0.717) is 11.1 Å². The lowest BCUT2D eigenvalue weighted by Crippen LogP contribution is -2.70. The second kappa shape index (κ2) is 8.27. The predicted octanol–water partition coefficient (Wildman–Crippen LogP) is -0.609. The Labute approximate surface area is 215 Å². The van der Waals surface area contributed by atoms with Gasteiger partial charge in [-0.2, -0.15) is 0 Å². The normalized spacial score (nSPS) is 29.8. The van der Waals surface area contributed by atoms with Crippen molar-refractivity contribution in [2.75, 3.05) is 19.4 Å². The molecular weight excluding hydrogens is 492 g/mol. The Hall–Kier alpha value is -3.52. The maximum absolute atomic E-state index is 13.8. The number of thiocarbonyl (C=S) groups is 1. The number of primary amides is 1. The molecule has 0 radical (unpaired) electrons. The summed E-state index contributed by atoms with van der Waals surface area (Å²) in [5.41, 5.74) is 7.28. The number of Topliss-reactive ketones (excluding diaryl/α,β-unsaturated/α-hetero) is 2. The molecule has 36 heavy (non-hydrogen) atoms. The molecule has 4 rings (SSSR count). The van der Waals surface area contributed by atoms with Crippen LogP contribution in [0.1, 0.15) is 21.1 Å². The number of aliphatic hydroxyl groups is 4. The summed E-state index contributed by atoms with van der Waals surface area (Å²) in [5, 5.41) is 58.4. The summed E-state index contributed by atoms with van der Waals surface area (Å²) in [6.07, 6.45) is -1.69. The molecule has 3 aliphatic carbocycles. The maximum Gasteiger partial charge on any atom is 0.255 e. The lowest BCUT2D eigenvalue weighted by Gasteiger charge is -2.52.